The molecule has 1 N–H and O–H groups in total. The number of thiazole rings is 1. The van der Waals surface area contributed by atoms with Crippen molar-refractivity contribution in [3.8, 4) is 0 Å². The second-order valence-corrected chi connectivity index (χ2v) is 6.72. The minimum atomic E-state index is -0.386. The molecule has 2 aromatic rings. The molecular weight excluding hydrogens is 316 g/mol. The Morgan fingerprint density at radius 1 is 1.39 bits per heavy atom. The van der Waals surface area contributed by atoms with E-state index in [1.807, 2.05) is 13.8 Å². The maximum absolute atomic E-state index is 12.7. The normalized spacial score (nSPS) is 18.2. The van der Waals surface area contributed by atoms with Gasteiger partial charge in [-0.2, -0.15) is 0 Å². The first kappa shape index (κ1) is 15.8. The van der Waals surface area contributed by atoms with E-state index in [0.717, 1.165) is 10.7 Å². The van der Waals surface area contributed by atoms with Crippen LogP contribution in [0.25, 0.3) is 0 Å². The fraction of sp³-hybridized carbons (Fsp3) is 0.467. The van der Waals surface area contributed by atoms with Gasteiger partial charge in [-0.1, -0.05) is 0 Å². The summed E-state index contributed by atoms with van der Waals surface area (Å²) in [5, 5.41) is 0.877. The molecule has 8 heteroatoms. The number of aromatic amines is 1. The van der Waals surface area contributed by atoms with E-state index < -0.39 is 0 Å². The fourth-order valence-corrected chi connectivity index (χ4v) is 3.54. The van der Waals surface area contributed by atoms with Gasteiger partial charge in [-0.05, 0) is 20.8 Å². The van der Waals surface area contributed by atoms with Crippen molar-refractivity contribution >= 4 is 17.2 Å². The zero-order valence-electron chi connectivity index (χ0n) is 13.3. The van der Waals surface area contributed by atoms with Crippen LogP contribution in [0.3, 0.4) is 0 Å². The minimum absolute atomic E-state index is 0.0389. The predicted octanol–water partition coefficient (Wildman–Crippen LogP) is 1.37. The lowest BCUT2D eigenvalue weighted by Gasteiger charge is -2.32. The summed E-state index contributed by atoms with van der Waals surface area (Å²) in [7, 11) is 0. The summed E-state index contributed by atoms with van der Waals surface area (Å²) in [5.74, 6) is 0.497. The Morgan fingerprint density at radius 2 is 2.17 bits per heavy atom. The number of aryl methyl sites for hydroxylation is 3. The molecule has 0 radical (unpaired) electrons. The van der Waals surface area contributed by atoms with Crippen LogP contribution in [-0.2, 0) is 4.74 Å². The van der Waals surface area contributed by atoms with Crippen molar-refractivity contribution in [3.05, 3.63) is 43.5 Å². The smallest absolute Gasteiger partial charge is 0.266 e. The van der Waals surface area contributed by atoms with Crippen LogP contribution in [0.4, 0.5) is 0 Å². The molecule has 3 heterocycles. The van der Waals surface area contributed by atoms with Crippen LogP contribution >= 0.6 is 11.3 Å². The number of nitrogens with zero attached hydrogens (tertiary/aromatic N) is 3. The van der Waals surface area contributed by atoms with Crippen LogP contribution in [0.5, 0.6) is 0 Å². The Morgan fingerprint density at radius 3 is 2.83 bits per heavy atom. The molecule has 0 aliphatic carbocycles. The van der Waals surface area contributed by atoms with Crippen LogP contribution in [0, 0.1) is 20.8 Å². The molecule has 0 bridgehead atoms. The van der Waals surface area contributed by atoms with E-state index >= 15 is 0 Å². The van der Waals surface area contributed by atoms with Gasteiger partial charge in [0.2, 0.25) is 0 Å². The summed E-state index contributed by atoms with van der Waals surface area (Å²) in [5.41, 5.74) is 1.10. The first-order valence-electron chi connectivity index (χ1n) is 7.37. The van der Waals surface area contributed by atoms with Crippen molar-refractivity contribution in [1.82, 2.24) is 19.9 Å². The van der Waals surface area contributed by atoms with Crippen molar-refractivity contribution in [3.63, 3.8) is 0 Å². The van der Waals surface area contributed by atoms with Gasteiger partial charge < -0.3 is 14.6 Å². The molecule has 1 atom stereocenters. The summed E-state index contributed by atoms with van der Waals surface area (Å²) >= 11 is 1.40. The molecule has 0 aromatic carbocycles. The van der Waals surface area contributed by atoms with Crippen LogP contribution in [0.2, 0.25) is 0 Å². The van der Waals surface area contributed by atoms with Gasteiger partial charge in [0.1, 0.15) is 16.8 Å². The lowest BCUT2D eigenvalue weighted by Crippen LogP contribution is -2.42. The lowest BCUT2D eigenvalue weighted by atomic mass is 10.2. The average molecular weight is 334 g/mol. The molecule has 1 fully saturated rings. The van der Waals surface area contributed by atoms with Crippen molar-refractivity contribution in [2.75, 3.05) is 19.7 Å². The number of aromatic nitrogens is 3. The number of ether oxygens (including phenoxy) is 1. The maximum Gasteiger partial charge on any atom is 0.266 e. The van der Waals surface area contributed by atoms with Gasteiger partial charge in [0.25, 0.3) is 11.5 Å². The Balaban J connectivity index is 1.82. The van der Waals surface area contributed by atoms with E-state index in [-0.39, 0.29) is 17.6 Å². The molecule has 0 saturated carbocycles. The van der Waals surface area contributed by atoms with Crippen LogP contribution in [0.1, 0.15) is 38.0 Å². The summed E-state index contributed by atoms with van der Waals surface area (Å²) in [4.78, 5) is 37.9. The Labute approximate surface area is 137 Å². The molecule has 1 amide bonds. The topological polar surface area (TPSA) is 88.2 Å². The van der Waals surface area contributed by atoms with Gasteiger partial charge in [0.05, 0.1) is 29.5 Å². The third-order valence-electron chi connectivity index (χ3n) is 3.66. The molecule has 2 aromatic heterocycles. The first-order chi connectivity index (χ1) is 10.9. The molecule has 1 aliphatic heterocycles. The fourth-order valence-electron chi connectivity index (χ4n) is 2.65. The highest BCUT2D eigenvalue weighted by atomic mass is 32.1. The van der Waals surface area contributed by atoms with E-state index in [9.17, 15) is 9.59 Å². The number of amides is 1. The van der Waals surface area contributed by atoms with Crippen LogP contribution in [0.15, 0.2) is 10.9 Å². The second kappa shape index (κ2) is 6.21. The van der Waals surface area contributed by atoms with Crippen LogP contribution in [-0.4, -0.2) is 45.5 Å². The first-order valence-corrected chi connectivity index (χ1v) is 8.18. The Hall–Kier alpha value is -2.06. The lowest BCUT2D eigenvalue weighted by molar-refractivity contribution is -0.0247. The van der Waals surface area contributed by atoms with Crippen LogP contribution < -0.4 is 5.56 Å². The van der Waals surface area contributed by atoms with Gasteiger partial charge >= 0.3 is 0 Å². The molecule has 7 nitrogen and oxygen atoms in total. The average Bonchev–Trinajstić information content (AvgIpc) is 2.84. The van der Waals surface area contributed by atoms with Crippen molar-refractivity contribution in [2.45, 2.75) is 26.9 Å². The highest BCUT2D eigenvalue weighted by molar-refractivity contribution is 7.13. The summed E-state index contributed by atoms with van der Waals surface area (Å²) < 4.78 is 5.70. The van der Waals surface area contributed by atoms with Crippen molar-refractivity contribution < 1.29 is 9.53 Å². The van der Waals surface area contributed by atoms with E-state index in [4.69, 9.17) is 4.74 Å². The van der Waals surface area contributed by atoms with Gasteiger partial charge in [-0.25, -0.2) is 9.97 Å². The molecule has 0 spiro atoms. The molecule has 23 heavy (non-hydrogen) atoms. The number of carbonyl (C=O) groups excluding carboxylic acids is 1. The molecule has 0 unspecified atom stereocenters. The SMILES string of the molecule is Cc1nc([C@H]2CN(C(=O)c3sc(C)nc3C)CCO2)cc(=O)[nH]1. The van der Waals surface area contributed by atoms with Crippen molar-refractivity contribution in [1.29, 1.82) is 0 Å². The number of rotatable bonds is 2. The third-order valence-corrected chi connectivity index (χ3v) is 4.72. The zero-order valence-corrected chi connectivity index (χ0v) is 14.1. The monoisotopic (exact) mass is 334 g/mol. The van der Waals surface area contributed by atoms with E-state index in [2.05, 4.69) is 15.0 Å². The van der Waals surface area contributed by atoms with Gasteiger partial charge in [-0.3, -0.25) is 9.59 Å². The van der Waals surface area contributed by atoms with E-state index in [1.54, 1.807) is 11.8 Å². The standard InChI is InChI=1S/C15H18N4O3S/c1-8-14(23-10(3)16-8)15(21)19-4-5-22-12(7-19)11-6-13(20)18-9(2)17-11/h6,12H,4-5,7H2,1-3H3,(H,17,18,20)/t12-/m1/s1. The molecule has 1 aliphatic rings. The summed E-state index contributed by atoms with van der Waals surface area (Å²) in [6, 6.07) is 1.42. The predicted molar refractivity (Wildman–Crippen MR) is 85.8 cm³/mol. The highest BCUT2D eigenvalue weighted by Gasteiger charge is 2.29. The number of hydrogen-bond acceptors (Lipinski definition) is 6. The molecule has 122 valence electrons. The van der Waals surface area contributed by atoms with Gasteiger partial charge in [0.15, 0.2) is 0 Å². The Kier molecular flexibility index (Phi) is 4.27. The number of nitrogens with one attached hydrogen (secondary N) is 1. The van der Waals surface area contributed by atoms with Gasteiger partial charge in [-0.15, -0.1) is 11.3 Å². The number of morpholine rings is 1. The van der Waals surface area contributed by atoms with Gasteiger partial charge in [0, 0.05) is 12.6 Å². The summed E-state index contributed by atoms with van der Waals surface area (Å²) in [6.45, 7) is 6.77. The molecule has 1 saturated heterocycles. The zero-order chi connectivity index (χ0) is 16.6. The minimum Gasteiger partial charge on any atom is -0.368 e. The van der Waals surface area contributed by atoms with E-state index in [1.165, 1.54) is 17.4 Å². The van der Waals surface area contributed by atoms with E-state index in [0.29, 0.717) is 36.1 Å². The largest absolute Gasteiger partial charge is 0.368 e. The Bertz CT molecular complexity index is 798. The summed E-state index contributed by atoms with van der Waals surface area (Å²) in [6.07, 6.45) is -0.386. The number of H-pyrrole nitrogens is 1. The third kappa shape index (κ3) is 3.32. The van der Waals surface area contributed by atoms with Crippen molar-refractivity contribution in [2.24, 2.45) is 0 Å². The molecule has 3 rings (SSSR count). The maximum atomic E-state index is 12.7. The second-order valence-electron chi connectivity index (χ2n) is 5.51. The highest BCUT2D eigenvalue weighted by Crippen LogP contribution is 2.24. The quantitative estimate of drug-likeness (QED) is 0.896. The molecular formula is C15H18N4O3S. The number of hydrogen-bond donors (Lipinski definition) is 1. The number of carbonyl (C=O) groups is 1.